The van der Waals surface area contributed by atoms with Crippen molar-refractivity contribution in [3.63, 3.8) is 0 Å². The fourth-order valence-electron chi connectivity index (χ4n) is 3.51. The van der Waals surface area contributed by atoms with Gasteiger partial charge in [0, 0.05) is 39.3 Å². The smallest absolute Gasteiger partial charge is 0.410 e. The van der Waals surface area contributed by atoms with Crippen LogP contribution in [0.25, 0.3) is 0 Å². The summed E-state index contributed by atoms with van der Waals surface area (Å²) in [6, 6.07) is 0. The Morgan fingerprint density at radius 3 is 2.07 bits per heavy atom. The van der Waals surface area contributed by atoms with Crippen LogP contribution in [0.3, 0.4) is 0 Å². The van der Waals surface area contributed by atoms with Crippen LogP contribution in [-0.4, -0.2) is 86.6 Å². The van der Waals surface area contributed by atoms with Gasteiger partial charge in [-0.3, -0.25) is 4.18 Å². The van der Waals surface area contributed by atoms with Gasteiger partial charge in [-0.25, -0.2) is 14.8 Å². The number of aromatic nitrogens is 2. The molecule has 0 atom stereocenters. The summed E-state index contributed by atoms with van der Waals surface area (Å²) in [5.74, 6) is 0.629. The molecule has 0 radical (unpaired) electrons. The first-order chi connectivity index (χ1) is 14.0. The molecule has 30 heavy (non-hydrogen) atoms. The molecule has 0 unspecified atom stereocenters. The lowest BCUT2D eigenvalue weighted by Crippen LogP contribution is -2.50. The van der Waals surface area contributed by atoms with Crippen molar-refractivity contribution in [2.45, 2.75) is 45.3 Å². The average molecular weight is 442 g/mol. The number of anilines is 2. The summed E-state index contributed by atoms with van der Waals surface area (Å²) in [7, 11) is -3.43. The third-order valence-corrected chi connectivity index (χ3v) is 5.58. The van der Waals surface area contributed by atoms with E-state index < -0.39 is 15.7 Å². The summed E-state index contributed by atoms with van der Waals surface area (Å²) < 4.78 is 33.0. The lowest BCUT2D eigenvalue weighted by atomic mass is 10.1. The van der Waals surface area contributed by atoms with E-state index in [0.717, 1.165) is 11.9 Å². The number of piperazine rings is 1. The minimum absolute atomic E-state index is 0.281. The van der Waals surface area contributed by atoms with Crippen LogP contribution < -0.4 is 9.80 Å². The van der Waals surface area contributed by atoms with Gasteiger partial charge >= 0.3 is 6.09 Å². The van der Waals surface area contributed by atoms with Crippen LogP contribution in [0.4, 0.5) is 16.4 Å². The highest BCUT2D eigenvalue weighted by Crippen LogP contribution is 2.22. The number of amides is 1. The van der Waals surface area contributed by atoms with E-state index >= 15 is 0 Å². The summed E-state index contributed by atoms with van der Waals surface area (Å²) in [4.78, 5) is 27.1. The topological polar surface area (TPSA) is 105 Å². The molecule has 0 saturated carbocycles. The molecule has 0 N–H and O–H groups in total. The molecule has 1 aromatic rings. The van der Waals surface area contributed by atoms with E-state index in [4.69, 9.17) is 8.92 Å². The summed E-state index contributed by atoms with van der Waals surface area (Å²) >= 11 is 0. The average Bonchev–Trinajstić information content (AvgIpc) is 2.66. The Morgan fingerprint density at radius 1 is 1.00 bits per heavy atom. The molecule has 0 aromatic carbocycles. The Kier molecular flexibility index (Phi) is 6.71. The van der Waals surface area contributed by atoms with E-state index in [-0.39, 0.29) is 12.2 Å². The van der Waals surface area contributed by atoms with Gasteiger partial charge in [-0.2, -0.15) is 8.42 Å². The Bertz CT molecular complexity index is 824. The molecule has 3 rings (SSSR count). The van der Waals surface area contributed by atoms with Crippen LogP contribution in [0.2, 0.25) is 0 Å². The number of carbonyl (C=O) groups excluding carboxylic acids is 1. The van der Waals surface area contributed by atoms with Gasteiger partial charge in [-0.1, -0.05) is 0 Å². The van der Waals surface area contributed by atoms with Gasteiger partial charge in [0.1, 0.15) is 5.60 Å². The van der Waals surface area contributed by atoms with Gasteiger partial charge in [0.2, 0.25) is 5.95 Å². The van der Waals surface area contributed by atoms with Gasteiger partial charge in [-0.15, -0.1) is 0 Å². The maximum absolute atomic E-state index is 12.2. The monoisotopic (exact) mass is 441 g/mol. The van der Waals surface area contributed by atoms with Crippen molar-refractivity contribution in [2.75, 3.05) is 55.3 Å². The van der Waals surface area contributed by atoms with E-state index in [9.17, 15) is 13.2 Å². The molecule has 1 aromatic heterocycles. The Balaban J connectivity index is 1.49. The highest BCUT2D eigenvalue weighted by molar-refractivity contribution is 7.86. The van der Waals surface area contributed by atoms with Crippen molar-refractivity contribution < 1.29 is 22.1 Å². The highest BCUT2D eigenvalue weighted by atomic mass is 32.2. The maximum atomic E-state index is 12.2. The van der Waals surface area contributed by atoms with Crippen LogP contribution >= 0.6 is 0 Å². The van der Waals surface area contributed by atoms with E-state index in [1.165, 1.54) is 0 Å². The molecule has 2 saturated heterocycles. The van der Waals surface area contributed by atoms with Gasteiger partial charge in [0.25, 0.3) is 10.1 Å². The first-order valence-corrected chi connectivity index (χ1v) is 12.0. The van der Waals surface area contributed by atoms with E-state index in [2.05, 4.69) is 14.9 Å². The van der Waals surface area contributed by atoms with Crippen molar-refractivity contribution in [1.82, 2.24) is 14.9 Å². The van der Waals surface area contributed by atoms with E-state index in [0.29, 0.717) is 58.1 Å². The van der Waals surface area contributed by atoms with Crippen molar-refractivity contribution in [1.29, 1.82) is 0 Å². The molecular weight excluding hydrogens is 410 g/mol. The molecule has 0 bridgehead atoms. The number of nitrogens with zero attached hydrogens (tertiary/aromatic N) is 5. The number of piperidine rings is 1. The predicted octanol–water partition coefficient (Wildman–Crippen LogP) is 1.48. The fourth-order valence-corrected chi connectivity index (χ4v) is 4.20. The summed E-state index contributed by atoms with van der Waals surface area (Å²) in [5.41, 5.74) is 0.418. The minimum Gasteiger partial charge on any atom is -0.444 e. The summed E-state index contributed by atoms with van der Waals surface area (Å²) in [6.07, 6.45) is 5.34. The van der Waals surface area contributed by atoms with Crippen LogP contribution in [0.15, 0.2) is 12.4 Å². The molecule has 2 aliphatic rings. The van der Waals surface area contributed by atoms with Gasteiger partial charge < -0.3 is 19.4 Å². The first kappa shape index (κ1) is 22.5. The van der Waals surface area contributed by atoms with Gasteiger partial charge in [-0.05, 0) is 33.6 Å². The Labute approximate surface area is 178 Å². The van der Waals surface area contributed by atoms with Crippen molar-refractivity contribution in [2.24, 2.45) is 0 Å². The second-order valence-electron chi connectivity index (χ2n) is 8.68. The zero-order valence-electron chi connectivity index (χ0n) is 18.1. The van der Waals surface area contributed by atoms with Crippen molar-refractivity contribution in [3.8, 4) is 0 Å². The van der Waals surface area contributed by atoms with E-state index in [1.54, 1.807) is 17.3 Å². The summed E-state index contributed by atoms with van der Waals surface area (Å²) in [5, 5.41) is 0. The van der Waals surface area contributed by atoms with Crippen molar-refractivity contribution in [3.05, 3.63) is 12.4 Å². The molecule has 2 aliphatic heterocycles. The van der Waals surface area contributed by atoms with Gasteiger partial charge in [0.15, 0.2) is 0 Å². The molecule has 3 heterocycles. The number of rotatable bonds is 4. The van der Waals surface area contributed by atoms with Gasteiger partial charge in [0.05, 0.1) is 30.4 Å². The Hall–Kier alpha value is -2.14. The molecule has 1 amide bonds. The summed E-state index contributed by atoms with van der Waals surface area (Å²) in [6.45, 7) is 9.44. The minimum atomic E-state index is -3.43. The zero-order valence-corrected chi connectivity index (χ0v) is 18.9. The molecule has 0 aliphatic carbocycles. The first-order valence-electron chi connectivity index (χ1n) is 10.2. The quantitative estimate of drug-likeness (QED) is 0.642. The third kappa shape index (κ3) is 6.43. The number of ether oxygens (including phenoxy) is 1. The second-order valence-corrected chi connectivity index (χ2v) is 10.3. The van der Waals surface area contributed by atoms with Crippen LogP contribution in [0.1, 0.15) is 33.6 Å². The molecule has 2 fully saturated rings. The molecule has 10 nitrogen and oxygen atoms in total. The molecular formula is C19H31N5O5S. The number of hydrogen-bond acceptors (Lipinski definition) is 9. The number of carbonyl (C=O) groups is 1. The van der Waals surface area contributed by atoms with Crippen LogP contribution in [-0.2, 0) is 19.0 Å². The second kappa shape index (κ2) is 8.93. The SMILES string of the molecule is CC(C)(C)OC(=O)N1CCN(c2cnc(N3CCC(OS(C)(=O)=O)CC3)nc2)CC1. The van der Waals surface area contributed by atoms with Crippen LogP contribution in [0.5, 0.6) is 0 Å². The highest BCUT2D eigenvalue weighted by Gasteiger charge is 2.27. The maximum Gasteiger partial charge on any atom is 0.410 e. The standard InChI is InChI=1S/C19H31N5O5S/c1-19(2,3)28-18(25)24-11-9-22(10-12-24)15-13-20-17(21-14-15)23-7-5-16(6-8-23)29-30(4,26)27/h13-14,16H,5-12H2,1-4H3. The molecule has 168 valence electrons. The zero-order chi connectivity index (χ0) is 21.9. The normalized spacial score (nSPS) is 19.1. The Morgan fingerprint density at radius 2 is 1.57 bits per heavy atom. The largest absolute Gasteiger partial charge is 0.444 e. The lowest BCUT2D eigenvalue weighted by molar-refractivity contribution is 0.0240. The molecule has 11 heteroatoms. The number of hydrogen-bond donors (Lipinski definition) is 0. The lowest BCUT2D eigenvalue weighted by Gasteiger charge is -2.36. The molecule has 0 spiro atoms. The third-order valence-electron chi connectivity index (χ3n) is 4.96. The van der Waals surface area contributed by atoms with Crippen molar-refractivity contribution >= 4 is 27.8 Å². The van der Waals surface area contributed by atoms with Crippen LogP contribution in [0, 0.1) is 0 Å². The fraction of sp³-hybridized carbons (Fsp3) is 0.737. The van der Waals surface area contributed by atoms with E-state index in [1.807, 2.05) is 25.7 Å². The predicted molar refractivity (Wildman–Crippen MR) is 113 cm³/mol.